The molecule has 0 amide bonds. The van der Waals surface area contributed by atoms with Crippen LogP contribution < -0.4 is 4.72 Å². The number of hydrogen-bond donors (Lipinski definition) is 3. The number of aliphatic imine (C=N–C) groups is 1. The molecule has 28 heavy (non-hydrogen) atoms. The van der Waals surface area contributed by atoms with Crippen LogP contribution >= 0.6 is 11.9 Å². The highest BCUT2D eigenvalue weighted by Gasteiger charge is 2.43. The van der Waals surface area contributed by atoms with Crippen molar-refractivity contribution in [2.75, 3.05) is 0 Å². The minimum absolute atomic E-state index is 0.463. The van der Waals surface area contributed by atoms with Crippen molar-refractivity contribution in [2.24, 2.45) is 4.99 Å². The number of aromatic nitrogens is 3. The summed E-state index contributed by atoms with van der Waals surface area (Å²) in [7, 11) is 0. The maximum atomic E-state index is 10.5. The Morgan fingerprint density at radius 3 is 3.07 bits per heavy atom. The van der Waals surface area contributed by atoms with Crippen LogP contribution in [-0.2, 0) is 11.2 Å². The van der Waals surface area contributed by atoms with Gasteiger partial charge in [-0.25, -0.2) is 15.0 Å². The predicted molar refractivity (Wildman–Crippen MR) is 105 cm³/mol. The zero-order chi connectivity index (χ0) is 19.1. The number of aryl methyl sites for hydroxylation is 1. The van der Waals surface area contributed by atoms with Crippen LogP contribution in [0, 0.1) is 0 Å². The van der Waals surface area contributed by atoms with Gasteiger partial charge in [0.25, 0.3) is 0 Å². The molecule has 4 heterocycles. The van der Waals surface area contributed by atoms with Crippen LogP contribution in [0.3, 0.4) is 0 Å². The first-order valence-corrected chi connectivity index (χ1v) is 9.88. The van der Waals surface area contributed by atoms with Crippen molar-refractivity contribution >= 4 is 35.0 Å². The predicted octanol–water partition coefficient (Wildman–Crippen LogP) is 1.95. The molecule has 3 N–H and O–H groups in total. The van der Waals surface area contributed by atoms with Gasteiger partial charge in [-0.05, 0) is 48.6 Å². The molecule has 0 unspecified atom stereocenters. The number of rotatable bonds is 4. The van der Waals surface area contributed by atoms with Crippen LogP contribution in [0.1, 0.15) is 18.2 Å². The molecule has 8 nitrogen and oxygen atoms in total. The number of hydrogen-bond acceptors (Lipinski definition) is 8. The van der Waals surface area contributed by atoms with E-state index in [0.29, 0.717) is 12.1 Å². The van der Waals surface area contributed by atoms with Gasteiger partial charge in [-0.15, -0.1) is 0 Å². The lowest BCUT2D eigenvalue weighted by molar-refractivity contribution is -0.0364. The van der Waals surface area contributed by atoms with Gasteiger partial charge >= 0.3 is 0 Å². The second-order valence-corrected chi connectivity index (χ2v) is 7.77. The summed E-state index contributed by atoms with van der Waals surface area (Å²) >= 11 is 1.53. The van der Waals surface area contributed by atoms with Crippen molar-refractivity contribution in [2.45, 2.75) is 42.3 Å². The molecule has 5 rings (SSSR count). The number of ether oxygens (including phenoxy) is 1. The van der Waals surface area contributed by atoms with Crippen molar-refractivity contribution in [3.63, 3.8) is 0 Å². The summed E-state index contributed by atoms with van der Waals surface area (Å²) < 4.78 is 10.8. The monoisotopic (exact) mass is 397 g/mol. The van der Waals surface area contributed by atoms with E-state index in [1.165, 1.54) is 18.3 Å². The topological polar surface area (TPSA) is 105 Å². The van der Waals surface area contributed by atoms with Crippen LogP contribution in [0.2, 0.25) is 0 Å². The fraction of sp³-hybridized carbons (Fsp3) is 0.316. The molecule has 4 atom stereocenters. The van der Waals surface area contributed by atoms with E-state index in [9.17, 15) is 10.2 Å². The smallest absolute Gasteiger partial charge is 0.164 e. The number of aliphatic hydroxyl groups is 2. The molecule has 2 aromatic heterocycles. The fourth-order valence-electron chi connectivity index (χ4n) is 3.70. The number of nitrogens with zero attached hydrogens (tertiary/aromatic N) is 4. The highest BCUT2D eigenvalue weighted by molar-refractivity contribution is 7.98. The minimum Gasteiger partial charge on any atom is -0.388 e. The van der Waals surface area contributed by atoms with Gasteiger partial charge in [0.05, 0.1) is 23.0 Å². The molecule has 0 radical (unpaired) electrons. The molecular formula is C19H19N5O3S. The number of fused-ring (bicyclic) bond motifs is 2. The standard InChI is InChI=1S/C19H19N5O3S/c25-16-14(3-1-11-2-4-15-13(7-11)21-10-23-28-15)27-19(17(16)26)24-6-5-12-8-20-9-22-18(12)24/h2,4-10,14,16-17,19,25-26H,1,3H2,(H,21,23)/t14-,16-,17-,19-/m1/s1. The van der Waals surface area contributed by atoms with Crippen LogP contribution in [0.25, 0.3) is 11.0 Å². The van der Waals surface area contributed by atoms with Crippen molar-refractivity contribution < 1.29 is 14.9 Å². The number of aliphatic hydroxyl groups excluding tert-OH is 2. The summed E-state index contributed by atoms with van der Waals surface area (Å²) in [5.41, 5.74) is 2.72. The summed E-state index contributed by atoms with van der Waals surface area (Å²) in [4.78, 5) is 13.7. The van der Waals surface area contributed by atoms with Crippen molar-refractivity contribution in [3.8, 4) is 0 Å². The van der Waals surface area contributed by atoms with E-state index in [4.69, 9.17) is 4.74 Å². The highest BCUT2D eigenvalue weighted by Crippen LogP contribution is 2.35. The molecule has 0 aliphatic carbocycles. The molecule has 1 saturated heterocycles. The molecule has 9 heteroatoms. The lowest BCUT2D eigenvalue weighted by Gasteiger charge is -2.17. The van der Waals surface area contributed by atoms with Crippen LogP contribution in [0.5, 0.6) is 0 Å². The summed E-state index contributed by atoms with van der Waals surface area (Å²) in [5, 5.41) is 21.9. The lowest BCUT2D eigenvalue weighted by atomic mass is 10.0. The van der Waals surface area contributed by atoms with Gasteiger partial charge in [-0.3, -0.25) is 0 Å². The van der Waals surface area contributed by atoms with Gasteiger partial charge in [0, 0.05) is 17.8 Å². The highest BCUT2D eigenvalue weighted by atomic mass is 32.2. The first-order valence-electron chi connectivity index (χ1n) is 9.07. The molecule has 1 fully saturated rings. The maximum Gasteiger partial charge on any atom is 0.164 e. The zero-order valence-electron chi connectivity index (χ0n) is 14.8. The Hall–Kier alpha value is -2.46. The minimum atomic E-state index is -1.02. The molecule has 0 saturated carbocycles. The quantitative estimate of drug-likeness (QED) is 0.578. The van der Waals surface area contributed by atoms with E-state index in [1.807, 2.05) is 18.2 Å². The first kappa shape index (κ1) is 17.6. The van der Waals surface area contributed by atoms with Crippen LogP contribution in [-0.4, -0.2) is 49.4 Å². The maximum absolute atomic E-state index is 10.5. The SMILES string of the molecule is O[C@@H]1[C@H](O)[C@@H](CCc2ccc3c(c2)N=CNS3)O[C@H]1n1ccc2cncnc21. The molecule has 1 aromatic carbocycles. The molecular weight excluding hydrogens is 378 g/mol. The van der Waals surface area contributed by atoms with E-state index in [0.717, 1.165) is 28.0 Å². The van der Waals surface area contributed by atoms with E-state index in [1.54, 1.807) is 23.3 Å². The van der Waals surface area contributed by atoms with E-state index >= 15 is 0 Å². The second-order valence-electron chi connectivity index (χ2n) is 6.89. The zero-order valence-corrected chi connectivity index (χ0v) is 15.7. The molecule has 0 bridgehead atoms. The van der Waals surface area contributed by atoms with Crippen molar-refractivity contribution in [1.82, 2.24) is 19.3 Å². The number of nitrogens with one attached hydrogen (secondary N) is 1. The molecule has 3 aromatic rings. The van der Waals surface area contributed by atoms with Gasteiger partial charge in [0.2, 0.25) is 0 Å². The average molecular weight is 397 g/mol. The Morgan fingerprint density at radius 1 is 1.21 bits per heavy atom. The third kappa shape index (κ3) is 3.06. The Balaban J connectivity index is 1.31. The first-order chi connectivity index (χ1) is 13.7. The Bertz CT molecular complexity index is 1040. The lowest BCUT2D eigenvalue weighted by Crippen LogP contribution is -2.31. The largest absolute Gasteiger partial charge is 0.388 e. The van der Waals surface area contributed by atoms with Crippen molar-refractivity contribution in [3.05, 3.63) is 48.5 Å². The van der Waals surface area contributed by atoms with E-state index < -0.39 is 24.5 Å². The van der Waals surface area contributed by atoms with Gasteiger partial charge < -0.3 is 24.2 Å². The van der Waals surface area contributed by atoms with E-state index in [-0.39, 0.29) is 0 Å². The Morgan fingerprint density at radius 2 is 2.14 bits per heavy atom. The van der Waals surface area contributed by atoms with Gasteiger partial charge in [0.15, 0.2) is 6.23 Å². The van der Waals surface area contributed by atoms with Gasteiger partial charge in [0.1, 0.15) is 24.2 Å². The second kappa shape index (κ2) is 7.17. The van der Waals surface area contributed by atoms with Gasteiger partial charge in [-0.1, -0.05) is 6.07 Å². The third-order valence-corrected chi connectivity index (χ3v) is 5.94. The third-order valence-electron chi connectivity index (χ3n) is 5.16. The summed E-state index contributed by atoms with van der Waals surface area (Å²) in [6.45, 7) is 0. The fourth-order valence-corrected chi connectivity index (χ4v) is 4.29. The normalized spacial score (nSPS) is 26.4. The summed E-state index contributed by atoms with van der Waals surface area (Å²) in [5.74, 6) is 0. The van der Waals surface area contributed by atoms with Crippen LogP contribution in [0.4, 0.5) is 5.69 Å². The summed E-state index contributed by atoms with van der Waals surface area (Å²) in [6.07, 6.45) is 4.83. The van der Waals surface area contributed by atoms with Gasteiger partial charge in [-0.2, -0.15) is 0 Å². The molecule has 0 spiro atoms. The molecule has 2 aliphatic rings. The molecule has 2 aliphatic heterocycles. The van der Waals surface area contributed by atoms with Crippen LogP contribution in [0.15, 0.2) is 52.9 Å². The Kier molecular flexibility index (Phi) is 4.52. The molecule has 144 valence electrons. The van der Waals surface area contributed by atoms with Crippen molar-refractivity contribution in [1.29, 1.82) is 0 Å². The number of benzene rings is 1. The summed E-state index contributed by atoms with van der Waals surface area (Å²) in [6, 6.07) is 8.00. The Labute approximate surface area is 165 Å². The van der Waals surface area contributed by atoms with E-state index in [2.05, 4.69) is 25.7 Å². The average Bonchev–Trinajstić information content (AvgIpc) is 3.28.